The Bertz CT molecular complexity index is 270. The first-order valence-corrected chi connectivity index (χ1v) is 5.01. The van der Waals surface area contributed by atoms with Crippen LogP contribution in [0.15, 0.2) is 4.52 Å². The molecule has 0 aliphatic carbocycles. The highest BCUT2D eigenvalue weighted by molar-refractivity contribution is 4.95. The van der Waals surface area contributed by atoms with Crippen LogP contribution in [0.2, 0.25) is 0 Å². The second-order valence-electron chi connectivity index (χ2n) is 3.35. The van der Waals surface area contributed by atoms with E-state index in [1.165, 1.54) is 0 Å². The molecule has 1 heterocycles. The molecule has 4 N–H and O–H groups in total. The van der Waals surface area contributed by atoms with Gasteiger partial charge in [-0.1, -0.05) is 31.8 Å². The molecule has 0 bridgehead atoms. The van der Waals surface area contributed by atoms with Crippen molar-refractivity contribution in [2.75, 3.05) is 0 Å². The number of hydrogen-bond acceptors (Lipinski definition) is 5. The van der Waals surface area contributed by atoms with Crippen LogP contribution >= 0.6 is 0 Å². The summed E-state index contributed by atoms with van der Waals surface area (Å²) in [6.07, 6.45) is 2.04. The zero-order chi connectivity index (χ0) is 10.6. The molecule has 1 aromatic rings. The van der Waals surface area contributed by atoms with E-state index in [9.17, 15) is 0 Å². The molecule has 0 saturated heterocycles. The van der Waals surface area contributed by atoms with Crippen molar-refractivity contribution in [2.45, 2.75) is 39.3 Å². The van der Waals surface area contributed by atoms with Gasteiger partial charge in [-0.25, -0.2) is 0 Å². The van der Waals surface area contributed by atoms with Crippen LogP contribution in [0.3, 0.4) is 0 Å². The third-order valence-electron chi connectivity index (χ3n) is 2.51. The Morgan fingerprint density at radius 2 is 2.00 bits per heavy atom. The van der Waals surface area contributed by atoms with Crippen LogP contribution < -0.4 is 11.5 Å². The normalized spacial score (nSPS) is 13.5. The van der Waals surface area contributed by atoms with Crippen LogP contribution in [0.5, 0.6) is 0 Å². The number of hydrogen-bond donors (Lipinski definition) is 2. The molecule has 5 nitrogen and oxygen atoms in total. The lowest BCUT2D eigenvalue weighted by atomic mass is 9.94. The van der Waals surface area contributed by atoms with Crippen molar-refractivity contribution < 1.29 is 4.52 Å². The second kappa shape index (κ2) is 5.07. The van der Waals surface area contributed by atoms with Gasteiger partial charge < -0.3 is 16.0 Å². The van der Waals surface area contributed by atoms with Crippen LogP contribution in [0.4, 0.5) is 0 Å². The number of rotatable bonds is 5. The maximum absolute atomic E-state index is 6.00. The number of aromatic nitrogens is 2. The number of nitrogens with zero attached hydrogens (tertiary/aromatic N) is 2. The van der Waals surface area contributed by atoms with E-state index in [0.29, 0.717) is 17.6 Å². The molecule has 0 amide bonds. The van der Waals surface area contributed by atoms with Gasteiger partial charge in [-0.2, -0.15) is 4.98 Å². The van der Waals surface area contributed by atoms with Crippen molar-refractivity contribution in [3.8, 4) is 0 Å². The highest BCUT2D eigenvalue weighted by atomic mass is 16.5. The molecule has 5 heteroatoms. The van der Waals surface area contributed by atoms with E-state index in [1.54, 1.807) is 0 Å². The molecule has 0 aliphatic heterocycles. The maximum atomic E-state index is 6.00. The minimum Gasteiger partial charge on any atom is -0.338 e. The lowest BCUT2D eigenvalue weighted by Crippen LogP contribution is -2.21. The van der Waals surface area contributed by atoms with Crippen LogP contribution in [-0.2, 0) is 6.54 Å². The molecule has 0 radical (unpaired) electrons. The van der Waals surface area contributed by atoms with E-state index in [1.807, 2.05) is 0 Å². The predicted octanol–water partition coefficient (Wildman–Crippen LogP) is 0.964. The zero-order valence-corrected chi connectivity index (χ0v) is 8.73. The van der Waals surface area contributed by atoms with Gasteiger partial charge in [-0.15, -0.1) is 0 Å². The summed E-state index contributed by atoms with van der Waals surface area (Å²) in [6.45, 7) is 4.48. The lowest BCUT2D eigenvalue weighted by Gasteiger charge is -2.17. The molecular formula is C9H18N4O. The summed E-state index contributed by atoms with van der Waals surface area (Å²) in [4.78, 5) is 4.12. The van der Waals surface area contributed by atoms with E-state index in [4.69, 9.17) is 16.0 Å². The molecule has 0 fully saturated rings. The molecule has 80 valence electrons. The van der Waals surface area contributed by atoms with Crippen LogP contribution in [0, 0.1) is 5.92 Å². The molecule has 0 saturated carbocycles. The molecule has 0 aromatic carbocycles. The molecule has 1 unspecified atom stereocenters. The summed E-state index contributed by atoms with van der Waals surface area (Å²) in [5.41, 5.74) is 11.4. The highest BCUT2D eigenvalue weighted by Crippen LogP contribution is 2.22. The monoisotopic (exact) mass is 198 g/mol. The van der Waals surface area contributed by atoms with Gasteiger partial charge >= 0.3 is 0 Å². The lowest BCUT2D eigenvalue weighted by molar-refractivity contribution is 0.348. The maximum Gasteiger partial charge on any atom is 0.240 e. The summed E-state index contributed by atoms with van der Waals surface area (Å²) in [7, 11) is 0. The summed E-state index contributed by atoms with van der Waals surface area (Å²) in [5, 5.41) is 3.81. The van der Waals surface area contributed by atoms with Crippen molar-refractivity contribution in [3.63, 3.8) is 0 Å². The average molecular weight is 198 g/mol. The van der Waals surface area contributed by atoms with Gasteiger partial charge in [0.05, 0.1) is 12.6 Å². The Labute approximate surface area is 83.9 Å². The first kappa shape index (κ1) is 11.1. The minimum atomic E-state index is -0.144. The third kappa shape index (κ3) is 2.30. The Kier molecular flexibility index (Phi) is 4.03. The van der Waals surface area contributed by atoms with E-state index >= 15 is 0 Å². The molecular weight excluding hydrogens is 180 g/mol. The van der Waals surface area contributed by atoms with Gasteiger partial charge in [-0.05, 0) is 5.92 Å². The van der Waals surface area contributed by atoms with Crippen LogP contribution in [-0.4, -0.2) is 10.1 Å². The standard InChI is InChI=1S/C9H18N4O/c1-3-6(4-2)8(11)9-12-7(5-10)14-13-9/h6,8H,3-5,10-11H2,1-2H3. The van der Waals surface area contributed by atoms with Crippen molar-refractivity contribution in [3.05, 3.63) is 11.7 Å². The van der Waals surface area contributed by atoms with Crippen molar-refractivity contribution >= 4 is 0 Å². The van der Waals surface area contributed by atoms with Crippen LogP contribution in [0.1, 0.15) is 44.4 Å². The first-order chi connectivity index (χ1) is 6.72. The summed E-state index contributed by atoms with van der Waals surface area (Å²) >= 11 is 0. The molecule has 0 spiro atoms. The third-order valence-corrected chi connectivity index (χ3v) is 2.51. The van der Waals surface area contributed by atoms with E-state index in [-0.39, 0.29) is 12.6 Å². The zero-order valence-electron chi connectivity index (χ0n) is 8.73. The van der Waals surface area contributed by atoms with E-state index in [2.05, 4.69) is 24.0 Å². The Balaban J connectivity index is 2.72. The Hall–Kier alpha value is -0.940. The fourth-order valence-electron chi connectivity index (χ4n) is 1.49. The fraction of sp³-hybridized carbons (Fsp3) is 0.778. The van der Waals surface area contributed by atoms with Gasteiger partial charge in [0.25, 0.3) is 0 Å². The SMILES string of the molecule is CCC(CC)C(N)c1noc(CN)n1. The van der Waals surface area contributed by atoms with E-state index < -0.39 is 0 Å². The summed E-state index contributed by atoms with van der Waals surface area (Å²) in [5.74, 6) is 1.42. The van der Waals surface area contributed by atoms with Gasteiger partial charge in [-0.3, -0.25) is 0 Å². The van der Waals surface area contributed by atoms with Gasteiger partial charge in [0.2, 0.25) is 5.89 Å². The fourth-order valence-corrected chi connectivity index (χ4v) is 1.49. The Morgan fingerprint density at radius 1 is 1.36 bits per heavy atom. The largest absolute Gasteiger partial charge is 0.338 e. The molecule has 1 aromatic heterocycles. The van der Waals surface area contributed by atoms with Crippen molar-refractivity contribution in [1.82, 2.24) is 10.1 Å². The smallest absolute Gasteiger partial charge is 0.240 e. The minimum absolute atomic E-state index is 0.144. The topological polar surface area (TPSA) is 91.0 Å². The Morgan fingerprint density at radius 3 is 2.43 bits per heavy atom. The van der Waals surface area contributed by atoms with Crippen molar-refractivity contribution in [1.29, 1.82) is 0 Å². The van der Waals surface area contributed by atoms with Gasteiger partial charge in [0, 0.05) is 0 Å². The molecule has 0 aliphatic rings. The quantitative estimate of drug-likeness (QED) is 0.735. The molecule has 1 atom stereocenters. The summed E-state index contributed by atoms with van der Waals surface area (Å²) in [6, 6.07) is -0.144. The average Bonchev–Trinajstić information content (AvgIpc) is 2.67. The predicted molar refractivity (Wildman–Crippen MR) is 53.2 cm³/mol. The molecule has 14 heavy (non-hydrogen) atoms. The second-order valence-corrected chi connectivity index (χ2v) is 3.35. The summed E-state index contributed by atoms with van der Waals surface area (Å²) < 4.78 is 4.91. The first-order valence-electron chi connectivity index (χ1n) is 5.01. The number of nitrogens with two attached hydrogens (primary N) is 2. The van der Waals surface area contributed by atoms with Crippen LogP contribution in [0.25, 0.3) is 0 Å². The van der Waals surface area contributed by atoms with Gasteiger partial charge in [0.15, 0.2) is 5.82 Å². The van der Waals surface area contributed by atoms with E-state index in [0.717, 1.165) is 12.8 Å². The van der Waals surface area contributed by atoms with Crippen molar-refractivity contribution in [2.24, 2.45) is 17.4 Å². The van der Waals surface area contributed by atoms with Gasteiger partial charge in [0.1, 0.15) is 0 Å². The molecule has 1 rings (SSSR count). The highest BCUT2D eigenvalue weighted by Gasteiger charge is 2.20.